The summed E-state index contributed by atoms with van der Waals surface area (Å²) in [7, 11) is 5.89. The number of carboxylic acid groups (broad SMARTS) is 1. The van der Waals surface area contributed by atoms with Gasteiger partial charge in [0.15, 0.2) is 12.4 Å². The molecule has 0 aliphatic heterocycles. The molecular formula is C64H101NO8. The lowest BCUT2D eigenvalue weighted by Gasteiger charge is -2.26. The molecule has 0 aliphatic rings. The van der Waals surface area contributed by atoms with Crippen molar-refractivity contribution in [3.8, 4) is 0 Å². The van der Waals surface area contributed by atoms with Crippen LogP contribution in [0.15, 0.2) is 146 Å². The maximum atomic E-state index is 12.9. The molecule has 2 unspecified atom stereocenters. The first-order valence-corrected chi connectivity index (χ1v) is 28.0. The quantitative estimate of drug-likeness (QED) is 0.0195. The normalized spacial score (nSPS) is 13.9. The molecule has 73 heavy (non-hydrogen) atoms. The van der Waals surface area contributed by atoms with Crippen molar-refractivity contribution >= 4 is 17.9 Å². The number of carbonyl (C=O) groups is 3. The van der Waals surface area contributed by atoms with Crippen molar-refractivity contribution in [2.75, 3.05) is 47.5 Å². The van der Waals surface area contributed by atoms with Crippen LogP contribution in [-0.4, -0.2) is 82.3 Å². The van der Waals surface area contributed by atoms with E-state index in [4.69, 9.17) is 18.9 Å². The summed E-state index contributed by atoms with van der Waals surface area (Å²) in [6.45, 7) is 4.44. The highest BCUT2D eigenvalue weighted by Crippen LogP contribution is 2.13. The maximum Gasteiger partial charge on any atom is 0.306 e. The Morgan fingerprint density at radius 2 is 0.740 bits per heavy atom. The fourth-order valence-electron chi connectivity index (χ4n) is 6.83. The number of allylic oxidation sites excluding steroid dienone is 24. The topological polar surface area (TPSA) is 111 Å². The summed E-state index contributed by atoms with van der Waals surface area (Å²) in [5.74, 6) is -2.36. The Morgan fingerprint density at radius 1 is 0.411 bits per heavy atom. The fraction of sp³-hybridized carbons (Fsp3) is 0.578. The highest BCUT2D eigenvalue weighted by atomic mass is 16.7. The molecule has 0 amide bonds. The third-order valence-corrected chi connectivity index (χ3v) is 11.1. The molecule has 0 aromatic heterocycles. The molecule has 0 N–H and O–H groups in total. The molecule has 9 heteroatoms. The molecule has 2 atom stereocenters. The standard InChI is InChI=1S/C64H101NO8/c1-6-8-10-12-14-16-18-20-22-24-25-26-27-28-29-30-31-32-33-34-35-36-37-39-41-43-45-47-49-51-53-55-62(67)73-60(59-72-64(63(68)69)70-57-56-65(3,4)5)58-71-61(66)54-52-50-48-46-44-42-40-38-23-21-19-17-15-13-11-9-7-2/h8-11,14-17,20-23,25-26,28-29,31-32,34-35,37,39-40,42,60,64H,6-7,12-13,18-19,24,27,30,33,36,38,41,43-59H2,1-5H3/b10-8-,11-9-,16-14-,17-15-,22-20-,23-21-,26-25-,29-28-,32-31-,35-34-,39-37-,42-40-. The Morgan fingerprint density at radius 3 is 1.10 bits per heavy atom. The second kappa shape index (κ2) is 53.5. The SMILES string of the molecule is CC/C=C\C/C=C\C/C=C\C/C=C\C/C=C\C/C=C\C/C=C\C/C=C\CCCCCCCCC(=O)OC(COC(=O)CCCCCC/C=C\C/C=C\C/C=C\C/C=C\CC)COC(OCC[N+](C)(C)C)C(=O)[O-]. The number of likely N-dealkylation sites (N-methyl/N-ethyl adjacent to an activating group) is 1. The van der Waals surface area contributed by atoms with Gasteiger partial charge in [0.05, 0.1) is 40.3 Å². The summed E-state index contributed by atoms with van der Waals surface area (Å²) in [6, 6.07) is 0. The predicted octanol–water partition coefficient (Wildman–Crippen LogP) is 15.1. The van der Waals surface area contributed by atoms with Crippen molar-refractivity contribution in [2.45, 2.75) is 193 Å². The second-order valence-electron chi connectivity index (χ2n) is 19.1. The molecule has 0 spiro atoms. The van der Waals surface area contributed by atoms with Crippen LogP contribution in [0.4, 0.5) is 0 Å². The van der Waals surface area contributed by atoms with Gasteiger partial charge in [0.1, 0.15) is 13.2 Å². The van der Waals surface area contributed by atoms with E-state index in [9.17, 15) is 19.5 Å². The minimum Gasteiger partial charge on any atom is -0.545 e. The van der Waals surface area contributed by atoms with Crippen LogP contribution in [0.25, 0.3) is 0 Å². The van der Waals surface area contributed by atoms with E-state index >= 15 is 0 Å². The van der Waals surface area contributed by atoms with Crippen LogP contribution in [0.2, 0.25) is 0 Å². The first-order chi connectivity index (χ1) is 35.6. The van der Waals surface area contributed by atoms with E-state index in [0.29, 0.717) is 23.9 Å². The number of unbranched alkanes of at least 4 members (excludes halogenated alkanes) is 10. The Labute approximate surface area is 445 Å². The zero-order chi connectivity index (χ0) is 53.4. The van der Waals surface area contributed by atoms with Crippen LogP contribution in [-0.2, 0) is 33.3 Å². The number of nitrogens with zero attached hydrogens (tertiary/aromatic N) is 1. The largest absolute Gasteiger partial charge is 0.545 e. The van der Waals surface area contributed by atoms with E-state index in [0.717, 1.165) is 141 Å². The number of esters is 2. The fourth-order valence-corrected chi connectivity index (χ4v) is 6.83. The van der Waals surface area contributed by atoms with Gasteiger partial charge < -0.3 is 33.3 Å². The predicted molar refractivity (Wildman–Crippen MR) is 306 cm³/mol. The molecule has 0 fully saturated rings. The van der Waals surface area contributed by atoms with Crippen LogP contribution < -0.4 is 5.11 Å². The van der Waals surface area contributed by atoms with Gasteiger partial charge in [-0.2, -0.15) is 0 Å². The molecule has 0 bridgehead atoms. The van der Waals surface area contributed by atoms with E-state index in [1.54, 1.807) is 0 Å². The molecule has 0 saturated carbocycles. The van der Waals surface area contributed by atoms with Gasteiger partial charge in [-0.25, -0.2) is 0 Å². The number of hydrogen-bond donors (Lipinski definition) is 0. The van der Waals surface area contributed by atoms with Gasteiger partial charge in [0.25, 0.3) is 0 Å². The molecule has 0 aromatic carbocycles. The van der Waals surface area contributed by atoms with E-state index in [1.807, 2.05) is 21.1 Å². The van der Waals surface area contributed by atoms with Gasteiger partial charge >= 0.3 is 11.9 Å². The van der Waals surface area contributed by atoms with E-state index in [2.05, 4.69) is 160 Å². The Hall–Kier alpha value is -4.83. The molecule has 0 heterocycles. The van der Waals surface area contributed by atoms with Crippen molar-refractivity contribution in [3.05, 3.63) is 146 Å². The summed E-state index contributed by atoms with van der Waals surface area (Å²) in [5.41, 5.74) is 0. The van der Waals surface area contributed by atoms with E-state index in [-0.39, 0.29) is 32.7 Å². The Balaban J connectivity index is 4.36. The lowest BCUT2D eigenvalue weighted by Crippen LogP contribution is -2.44. The lowest BCUT2D eigenvalue weighted by molar-refractivity contribution is -0.870. The molecule has 0 aromatic rings. The highest BCUT2D eigenvalue weighted by Gasteiger charge is 2.22. The Bertz CT molecular complexity index is 1700. The molecule has 410 valence electrons. The van der Waals surface area contributed by atoms with Crippen LogP contribution in [0.3, 0.4) is 0 Å². The highest BCUT2D eigenvalue weighted by molar-refractivity contribution is 5.70. The molecule has 9 nitrogen and oxygen atoms in total. The molecule has 0 aliphatic carbocycles. The maximum absolute atomic E-state index is 12.9. The zero-order valence-corrected chi connectivity index (χ0v) is 46.4. The minimum absolute atomic E-state index is 0.131. The van der Waals surface area contributed by atoms with Gasteiger partial charge in [0.2, 0.25) is 0 Å². The third-order valence-electron chi connectivity index (χ3n) is 11.1. The van der Waals surface area contributed by atoms with Crippen molar-refractivity contribution < 1.29 is 42.9 Å². The molecule has 0 rings (SSSR count). The van der Waals surface area contributed by atoms with Crippen molar-refractivity contribution in [2.24, 2.45) is 0 Å². The second-order valence-corrected chi connectivity index (χ2v) is 19.1. The average Bonchev–Trinajstić information content (AvgIpc) is 3.36. The van der Waals surface area contributed by atoms with Crippen LogP contribution >= 0.6 is 0 Å². The molecule has 0 radical (unpaired) electrons. The Kier molecular flexibility index (Phi) is 49.9. The number of aliphatic carboxylic acids is 1. The number of ether oxygens (including phenoxy) is 4. The van der Waals surface area contributed by atoms with Gasteiger partial charge in [-0.3, -0.25) is 9.59 Å². The summed E-state index contributed by atoms with van der Waals surface area (Å²) < 4.78 is 22.6. The number of rotatable bonds is 49. The first kappa shape index (κ1) is 68.2. The molecular weight excluding hydrogens is 911 g/mol. The average molecular weight is 1010 g/mol. The summed E-state index contributed by atoms with van der Waals surface area (Å²) in [6.07, 6.45) is 74.6. The van der Waals surface area contributed by atoms with Crippen LogP contribution in [0.5, 0.6) is 0 Å². The van der Waals surface area contributed by atoms with Gasteiger partial charge in [-0.05, 0) is 116 Å². The molecule has 0 saturated heterocycles. The minimum atomic E-state index is -1.64. The van der Waals surface area contributed by atoms with E-state index < -0.39 is 30.3 Å². The van der Waals surface area contributed by atoms with Gasteiger partial charge in [-0.15, -0.1) is 0 Å². The van der Waals surface area contributed by atoms with E-state index in [1.165, 1.54) is 0 Å². The van der Waals surface area contributed by atoms with Crippen LogP contribution in [0, 0.1) is 0 Å². The third kappa shape index (κ3) is 54.8. The van der Waals surface area contributed by atoms with Crippen molar-refractivity contribution in [1.82, 2.24) is 0 Å². The lowest BCUT2D eigenvalue weighted by atomic mass is 10.1. The monoisotopic (exact) mass is 1010 g/mol. The zero-order valence-electron chi connectivity index (χ0n) is 46.4. The first-order valence-electron chi connectivity index (χ1n) is 28.0. The van der Waals surface area contributed by atoms with Gasteiger partial charge in [0, 0.05) is 12.8 Å². The van der Waals surface area contributed by atoms with Crippen molar-refractivity contribution in [1.29, 1.82) is 0 Å². The van der Waals surface area contributed by atoms with Crippen LogP contribution in [0.1, 0.15) is 181 Å². The number of quaternary nitrogens is 1. The number of carboxylic acids is 1. The van der Waals surface area contributed by atoms with Crippen molar-refractivity contribution in [3.63, 3.8) is 0 Å². The van der Waals surface area contributed by atoms with Gasteiger partial charge in [-0.1, -0.05) is 198 Å². The summed E-state index contributed by atoms with van der Waals surface area (Å²) in [4.78, 5) is 37.2. The summed E-state index contributed by atoms with van der Waals surface area (Å²) >= 11 is 0. The number of carbonyl (C=O) groups excluding carboxylic acids is 3. The number of hydrogen-bond acceptors (Lipinski definition) is 8. The summed E-state index contributed by atoms with van der Waals surface area (Å²) in [5, 5.41) is 11.8. The smallest absolute Gasteiger partial charge is 0.306 e.